The molecule has 0 radical (unpaired) electrons. The number of hydrogen-bond donors (Lipinski definition) is 2. The number of carbonyl (C=O) groups is 2. The van der Waals surface area contributed by atoms with Crippen LogP contribution >= 0.6 is 27.3 Å². The number of rotatable bonds is 3. The zero-order valence-corrected chi connectivity index (χ0v) is 15.6. The lowest BCUT2D eigenvalue weighted by molar-refractivity contribution is -0.121. The molecule has 0 spiro atoms. The van der Waals surface area contributed by atoms with Crippen LogP contribution in [0.15, 0.2) is 34.8 Å². The zero-order chi connectivity index (χ0) is 16.9. The standard InChI is InChI=1S/C18H19BrN2O2S/c19-14-8-6-12(7-9-14)10-17(22)20-21-18(23)16-11-13-4-2-1-3-5-15(13)24-16/h6-9,11H,1-5,10H2,(H,20,22)(H,21,23). The Morgan fingerprint density at radius 2 is 1.79 bits per heavy atom. The minimum absolute atomic E-state index is 0.231. The molecule has 126 valence electrons. The summed E-state index contributed by atoms with van der Waals surface area (Å²) in [6.45, 7) is 0. The fourth-order valence-electron chi connectivity index (χ4n) is 2.80. The monoisotopic (exact) mass is 406 g/mol. The number of benzene rings is 1. The molecule has 4 nitrogen and oxygen atoms in total. The van der Waals surface area contributed by atoms with E-state index < -0.39 is 0 Å². The van der Waals surface area contributed by atoms with E-state index in [1.54, 1.807) is 11.3 Å². The van der Waals surface area contributed by atoms with Crippen LogP contribution in [0.2, 0.25) is 0 Å². The number of carbonyl (C=O) groups excluding carboxylic acids is 2. The van der Waals surface area contributed by atoms with Gasteiger partial charge in [-0.3, -0.25) is 20.4 Å². The number of hydrogen-bond acceptors (Lipinski definition) is 3. The largest absolute Gasteiger partial charge is 0.279 e. The Bertz CT molecular complexity index is 716. The van der Waals surface area contributed by atoms with Gasteiger partial charge in [0.2, 0.25) is 5.91 Å². The maximum absolute atomic E-state index is 12.2. The van der Waals surface area contributed by atoms with Gasteiger partial charge in [-0.25, -0.2) is 0 Å². The van der Waals surface area contributed by atoms with Crippen molar-refractivity contribution >= 4 is 39.1 Å². The van der Waals surface area contributed by atoms with Crippen LogP contribution in [0.4, 0.5) is 0 Å². The molecule has 2 aromatic rings. The highest BCUT2D eigenvalue weighted by molar-refractivity contribution is 9.10. The van der Waals surface area contributed by atoms with Crippen molar-refractivity contribution in [3.8, 4) is 0 Å². The Balaban J connectivity index is 1.53. The van der Waals surface area contributed by atoms with Crippen molar-refractivity contribution in [2.24, 2.45) is 0 Å². The molecule has 0 fully saturated rings. The van der Waals surface area contributed by atoms with Crippen molar-refractivity contribution in [2.45, 2.75) is 38.5 Å². The van der Waals surface area contributed by atoms with E-state index in [-0.39, 0.29) is 18.2 Å². The van der Waals surface area contributed by atoms with Gasteiger partial charge in [-0.1, -0.05) is 34.5 Å². The van der Waals surface area contributed by atoms with Crippen LogP contribution in [0.25, 0.3) is 0 Å². The number of amides is 2. The van der Waals surface area contributed by atoms with Crippen molar-refractivity contribution in [1.29, 1.82) is 0 Å². The lowest BCUT2D eigenvalue weighted by Crippen LogP contribution is -2.42. The third-order valence-corrected chi connectivity index (χ3v) is 5.83. The van der Waals surface area contributed by atoms with Crippen LogP contribution in [-0.4, -0.2) is 11.8 Å². The maximum atomic E-state index is 12.2. The molecule has 0 saturated carbocycles. The van der Waals surface area contributed by atoms with E-state index in [2.05, 4.69) is 26.8 Å². The maximum Gasteiger partial charge on any atom is 0.279 e. The first-order valence-corrected chi connectivity index (χ1v) is 9.68. The first-order valence-electron chi connectivity index (χ1n) is 8.07. The summed E-state index contributed by atoms with van der Waals surface area (Å²) in [5, 5.41) is 0. The molecule has 1 heterocycles. The van der Waals surface area contributed by atoms with Crippen LogP contribution in [0, 0.1) is 0 Å². The van der Waals surface area contributed by atoms with Crippen LogP contribution in [0.1, 0.15) is 44.9 Å². The Morgan fingerprint density at radius 3 is 2.58 bits per heavy atom. The van der Waals surface area contributed by atoms with Gasteiger partial charge >= 0.3 is 0 Å². The first kappa shape index (κ1) is 17.2. The molecule has 0 saturated heterocycles. The van der Waals surface area contributed by atoms with Crippen LogP contribution < -0.4 is 10.9 Å². The minimum Gasteiger partial charge on any atom is -0.273 e. The predicted octanol–water partition coefficient (Wildman–Crippen LogP) is 3.78. The average molecular weight is 407 g/mol. The van der Waals surface area contributed by atoms with Crippen molar-refractivity contribution in [3.05, 3.63) is 55.7 Å². The third-order valence-electron chi connectivity index (χ3n) is 4.06. The number of hydrazine groups is 1. The van der Waals surface area contributed by atoms with E-state index in [0.29, 0.717) is 4.88 Å². The molecule has 3 rings (SSSR count). The summed E-state index contributed by atoms with van der Waals surface area (Å²) in [5.74, 6) is -0.471. The zero-order valence-electron chi connectivity index (χ0n) is 13.2. The summed E-state index contributed by atoms with van der Waals surface area (Å²) in [5.41, 5.74) is 7.20. The Morgan fingerprint density at radius 1 is 1.04 bits per heavy atom. The third kappa shape index (κ3) is 4.45. The summed E-state index contributed by atoms with van der Waals surface area (Å²) < 4.78 is 0.970. The molecule has 0 aliphatic heterocycles. The van der Waals surface area contributed by atoms with E-state index in [1.807, 2.05) is 30.3 Å². The highest BCUT2D eigenvalue weighted by atomic mass is 79.9. The Kier molecular flexibility index (Phi) is 5.68. The van der Waals surface area contributed by atoms with Crippen molar-refractivity contribution in [1.82, 2.24) is 10.9 Å². The second kappa shape index (κ2) is 7.94. The van der Waals surface area contributed by atoms with Gasteiger partial charge in [-0.2, -0.15) is 0 Å². The first-order chi connectivity index (χ1) is 11.6. The highest BCUT2D eigenvalue weighted by Crippen LogP contribution is 2.28. The van der Waals surface area contributed by atoms with Gasteiger partial charge in [0, 0.05) is 9.35 Å². The number of nitrogens with one attached hydrogen (secondary N) is 2. The molecule has 0 unspecified atom stereocenters. The number of halogens is 1. The number of fused-ring (bicyclic) bond motifs is 1. The summed E-state index contributed by atoms with van der Waals surface area (Å²) in [6, 6.07) is 9.50. The molecule has 0 atom stereocenters. The van der Waals surface area contributed by atoms with E-state index in [0.717, 1.165) is 22.9 Å². The van der Waals surface area contributed by atoms with Crippen LogP contribution in [-0.2, 0) is 24.1 Å². The Labute approximate surface area is 153 Å². The van der Waals surface area contributed by atoms with Gasteiger partial charge in [0.15, 0.2) is 0 Å². The normalized spacial score (nSPS) is 13.7. The average Bonchev–Trinajstić information content (AvgIpc) is 2.86. The van der Waals surface area contributed by atoms with E-state index in [9.17, 15) is 9.59 Å². The van der Waals surface area contributed by atoms with Gasteiger partial charge in [0.1, 0.15) is 0 Å². The molecular formula is C18H19BrN2O2S. The van der Waals surface area contributed by atoms with E-state index in [1.165, 1.54) is 29.7 Å². The molecule has 1 aliphatic carbocycles. The molecule has 2 N–H and O–H groups in total. The lowest BCUT2D eigenvalue weighted by atomic mass is 10.1. The summed E-state index contributed by atoms with van der Waals surface area (Å²) in [4.78, 5) is 26.2. The molecule has 2 amide bonds. The quantitative estimate of drug-likeness (QED) is 0.601. The number of thiophene rings is 1. The highest BCUT2D eigenvalue weighted by Gasteiger charge is 2.16. The van der Waals surface area contributed by atoms with Gasteiger partial charge in [0.05, 0.1) is 11.3 Å². The SMILES string of the molecule is O=C(Cc1ccc(Br)cc1)NNC(=O)c1cc2c(s1)CCCCC2. The lowest BCUT2D eigenvalue weighted by Gasteiger charge is -2.06. The molecule has 24 heavy (non-hydrogen) atoms. The van der Waals surface area contributed by atoms with Gasteiger partial charge in [0.25, 0.3) is 5.91 Å². The summed E-state index contributed by atoms with van der Waals surface area (Å²) in [7, 11) is 0. The van der Waals surface area contributed by atoms with Crippen LogP contribution in [0.5, 0.6) is 0 Å². The van der Waals surface area contributed by atoms with Gasteiger partial charge in [-0.05, 0) is 55.0 Å². The summed E-state index contributed by atoms with van der Waals surface area (Å²) in [6.07, 6.45) is 5.98. The van der Waals surface area contributed by atoms with Crippen molar-refractivity contribution in [2.75, 3.05) is 0 Å². The molecule has 0 bridgehead atoms. The topological polar surface area (TPSA) is 58.2 Å². The fourth-order valence-corrected chi connectivity index (χ4v) is 4.21. The summed E-state index contributed by atoms with van der Waals surface area (Å²) >= 11 is 4.91. The number of aryl methyl sites for hydroxylation is 2. The second-order valence-electron chi connectivity index (χ2n) is 5.93. The van der Waals surface area contributed by atoms with E-state index >= 15 is 0 Å². The minimum atomic E-state index is -0.239. The molecule has 1 aromatic heterocycles. The molecule has 1 aromatic carbocycles. The predicted molar refractivity (Wildman–Crippen MR) is 99.0 cm³/mol. The fraction of sp³-hybridized carbons (Fsp3) is 0.333. The van der Waals surface area contributed by atoms with Gasteiger partial charge < -0.3 is 0 Å². The smallest absolute Gasteiger partial charge is 0.273 e. The second-order valence-corrected chi connectivity index (χ2v) is 7.98. The molecule has 6 heteroatoms. The van der Waals surface area contributed by atoms with E-state index in [4.69, 9.17) is 0 Å². The van der Waals surface area contributed by atoms with Crippen molar-refractivity contribution in [3.63, 3.8) is 0 Å². The van der Waals surface area contributed by atoms with Gasteiger partial charge in [-0.15, -0.1) is 11.3 Å². The van der Waals surface area contributed by atoms with Crippen molar-refractivity contribution < 1.29 is 9.59 Å². The molecule has 1 aliphatic rings. The Hall–Kier alpha value is -1.66. The molecular weight excluding hydrogens is 388 g/mol. The van der Waals surface area contributed by atoms with Crippen LogP contribution in [0.3, 0.4) is 0 Å².